The van der Waals surface area contributed by atoms with Crippen molar-refractivity contribution in [1.29, 1.82) is 0 Å². The summed E-state index contributed by atoms with van der Waals surface area (Å²) in [5.41, 5.74) is 0. The average molecular weight is 159 g/mol. The van der Waals surface area contributed by atoms with Crippen molar-refractivity contribution in [2.45, 2.75) is 32.1 Å². The standard InChI is InChI=1S/C9H19O2/c1-9(6-4-8-11)5-2-3-7-10/h9-11H,1-8H2. The number of hydrogen-bond donors (Lipinski definition) is 2. The molecule has 67 valence electrons. The van der Waals surface area contributed by atoms with Crippen molar-refractivity contribution in [3.63, 3.8) is 0 Å². The summed E-state index contributed by atoms with van der Waals surface area (Å²) in [4.78, 5) is 0. The molecule has 1 radical (unpaired) electrons. The van der Waals surface area contributed by atoms with Crippen molar-refractivity contribution in [2.24, 2.45) is 5.92 Å². The summed E-state index contributed by atoms with van der Waals surface area (Å²) in [6.07, 6.45) is 4.86. The third-order valence-electron chi connectivity index (χ3n) is 1.79. The Morgan fingerprint density at radius 2 is 1.45 bits per heavy atom. The fourth-order valence-corrected chi connectivity index (χ4v) is 1.07. The Bertz CT molecular complexity index is 74.0. The summed E-state index contributed by atoms with van der Waals surface area (Å²) in [7, 11) is 0. The Morgan fingerprint density at radius 3 is 2.00 bits per heavy atom. The van der Waals surface area contributed by atoms with Crippen LogP contribution >= 0.6 is 0 Å². The van der Waals surface area contributed by atoms with Crippen molar-refractivity contribution in [2.75, 3.05) is 13.2 Å². The van der Waals surface area contributed by atoms with Gasteiger partial charge < -0.3 is 10.2 Å². The van der Waals surface area contributed by atoms with Gasteiger partial charge in [-0.05, 0) is 25.2 Å². The minimum atomic E-state index is 0.270. The number of unbranched alkanes of at least 4 members (excludes halogenated alkanes) is 1. The highest BCUT2D eigenvalue weighted by atomic mass is 16.3. The molecule has 0 bridgehead atoms. The van der Waals surface area contributed by atoms with Gasteiger partial charge in [-0.25, -0.2) is 0 Å². The summed E-state index contributed by atoms with van der Waals surface area (Å²) < 4.78 is 0. The third kappa shape index (κ3) is 7.82. The Labute approximate surface area is 69.2 Å². The van der Waals surface area contributed by atoms with E-state index in [2.05, 4.69) is 6.92 Å². The molecule has 0 aliphatic rings. The van der Waals surface area contributed by atoms with E-state index >= 15 is 0 Å². The number of aliphatic hydroxyl groups is 2. The van der Waals surface area contributed by atoms with Gasteiger partial charge in [-0.3, -0.25) is 0 Å². The summed E-state index contributed by atoms with van der Waals surface area (Å²) in [5, 5.41) is 17.0. The SMILES string of the molecule is [CH2]C(CCCO)CCCCO. The Kier molecular flexibility index (Phi) is 7.96. The first-order valence-electron chi connectivity index (χ1n) is 4.36. The van der Waals surface area contributed by atoms with E-state index in [1.165, 1.54) is 0 Å². The van der Waals surface area contributed by atoms with Crippen LogP contribution < -0.4 is 0 Å². The first kappa shape index (κ1) is 10.9. The van der Waals surface area contributed by atoms with E-state index in [0.717, 1.165) is 32.1 Å². The number of rotatable bonds is 7. The molecule has 11 heavy (non-hydrogen) atoms. The van der Waals surface area contributed by atoms with Gasteiger partial charge in [0.25, 0.3) is 0 Å². The van der Waals surface area contributed by atoms with E-state index in [1.807, 2.05) is 0 Å². The normalized spacial score (nSPS) is 13.4. The maximum atomic E-state index is 8.52. The lowest BCUT2D eigenvalue weighted by Gasteiger charge is -2.08. The van der Waals surface area contributed by atoms with Gasteiger partial charge >= 0.3 is 0 Å². The summed E-state index contributed by atoms with van der Waals surface area (Å²) >= 11 is 0. The molecule has 0 fully saturated rings. The minimum absolute atomic E-state index is 0.270. The van der Waals surface area contributed by atoms with E-state index < -0.39 is 0 Å². The molecule has 0 saturated carbocycles. The fraction of sp³-hybridized carbons (Fsp3) is 0.889. The molecule has 1 unspecified atom stereocenters. The van der Waals surface area contributed by atoms with Crippen LogP contribution in [0.4, 0.5) is 0 Å². The van der Waals surface area contributed by atoms with Crippen molar-refractivity contribution < 1.29 is 10.2 Å². The molecule has 1 atom stereocenters. The molecule has 0 rings (SSSR count). The summed E-state index contributed by atoms with van der Waals surface area (Å²) in [5.74, 6) is 0.452. The smallest absolute Gasteiger partial charge is 0.0431 e. The molecule has 0 saturated heterocycles. The van der Waals surface area contributed by atoms with Gasteiger partial charge in [0.1, 0.15) is 0 Å². The first-order chi connectivity index (χ1) is 5.31. The molecule has 0 heterocycles. The van der Waals surface area contributed by atoms with Crippen LogP contribution in [-0.2, 0) is 0 Å². The second-order valence-electron chi connectivity index (χ2n) is 2.95. The Morgan fingerprint density at radius 1 is 0.909 bits per heavy atom. The van der Waals surface area contributed by atoms with Crippen LogP contribution in [0.3, 0.4) is 0 Å². The molecule has 0 spiro atoms. The largest absolute Gasteiger partial charge is 0.396 e. The van der Waals surface area contributed by atoms with Crippen molar-refractivity contribution in [1.82, 2.24) is 0 Å². The fourth-order valence-electron chi connectivity index (χ4n) is 1.07. The van der Waals surface area contributed by atoms with Gasteiger partial charge in [-0.1, -0.05) is 19.8 Å². The highest BCUT2D eigenvalue weighted by Crippen LogP contribution is 2.12. The predicted octanol–water partition coefficient (Wildman–Crippen LogP) is 1.37. The molecule has 2 nitrogen and oxygen atoms in total. The minimum Gasteiger partial charge on any atom is -0.396 e. The zero-order valence-corrected chi connectivity index (χ0v) is 7.13. The molecule has 2 N–H and O–H groups in total. The second kappa shape index (κ2) is 8.02. The highest BCUT2D eigenvalue weighted by Gasteiger charge is 2.00. The zero-order chi connectivity index (χ0) is 8.53. The first-order valence-corrected chi connectivity index (χ1v) is 4.36. The van der Waals surface area contributed by atoms with Gasteiger partial charge in [0.15, 0.2) is 0 Å². The molecule has 0 aliphatic heterocycles. The Hall–Kier alpha value is -0.0800. The lowest BCUT2D eigenvalue weighted by Crippen LogP contribution is -1.97. The van der Waals surface area contributed by atoms with E-state index in [0.29, 0.717) is 5.92 Å². The van der Waals surface area contributed by atoms with Crippen LogP contribution in [0.2, 0.25) is 0 Å². The quantitative estimate of drug-likeness (QED) is 0.551. The van der Waals surface area contributed by atoms with Gasteiger partial charge in [-0.15, -0.1) is 0 Å². The average Bonchev–Trinajstić information content (AvgIpc) is 2.01. The van der Waals surface area contributed by atoms with Gasteiger partial charge in [0.05, 0.1) is 0 Å². The summed E-state index contributed by atoms with van der Waals surface area (Å²) in [6.45, 7) is 4.51. The van der Waals surface area contributed by atoms with E-state index in [1.54, 1.807) is 0 Å². The topological polar surface area (TPSA) is 40.5 Å². The van der Waals surface area contributed by atoms with Gasteiger partial charge in [0.2, 0.25) is 0 Å². The van der Waals surface area contributed by atoms with Crippen LogP contribution in [0.25, 0.3) is 0 Å². The predicted molar refractivity (Wildman–Crippen MR) is 46.1 cm³/mol. The van der Waals surface area contributed by atoms with Crippen LogP contribution in [0.1, 0.15) is 32.1 Å². The van der Waals surface area contributed by atoms with Gasteiger partial charge in [0, 0.05) is 13.2 Å². The zero-order valence-electron chi connectivity index (χ0n) is 7.13. The third-order valence-corrected chi connectivity index (χ3v) is 1.79. The molecule has 0 aromatic rings. The Balaban J connectivity index is 3.02. The number of aliphatic hydroxyl groups excluding tert-OH is 2. The molecule has 0 aromatic carbocycles. The molecule has 0 aromatic heterocycles. The van der Waals surface area contributed by atoms with Crippen LogP contribution in [0.5, 0.6) is 0 Å². The van der Waals surface area contributed by atoms with E-state index in [4.69, 9.17) is 10.2 Å². The molecule has 0 aliphatic carbocycles. The maximum Gasteiger partial charge on any atom is 0.0431 e. The molecular formula is C9H19O2. The molecule has 2 heteroatoms. The molecular weight excluding hydrogens is 140 g/mol. The maximum absolute atomic E-state index is 8.52. The van der Waals surface area contributed by atoms with Crippen LogP contribution in [0, 0.1) is 12.8 Å². The number of hydrogen-bond acceptors (Lipinski definition) is 2. The van der Waals surface area contributed by atoms with Crippen LogP contribution in [-0.4, -0.2) is 23.4 Å². The van der Waals surface area contributed by atoms with Crippen molar-refractivity contribution in [3.05, 3.63) is 6.92 Å². The monoisotopic (exact) mass is 159 g/mol. The summed E-state index contributed by atoms with van der Waals surface area (Å²) in [6, 6.07) is 0. The van der Waals surface area contributed by atoms with E-state index in [9.17, 15) is 0 Å². The van der Waals surface area contributed by atoms with Crippen molar-refractivity contribution in [3.8, 4) is 0 Å². The second-order valence-corrected chi connectivity index (χ2v) is 2.95. The highest BCUT2D eigenvalue weighted by molar-refractivity contribution is 4.60. The lowest BCUT2D eigenvalue weighted by molar-refractivity contribution is 0.266. The van der Waals surface area contributed by atoms with E-state index in [-0.39, 0.29) is 13.2 Å². The molecule has 0 amide bonds. The lowest BCUT2D eigenvalue weighted by atomic mass is 9.99. The van der Waals surface area contributed by atoms with Crippen LogP contribution in [0.15, 0.2) is 0 Å². The van der Waals surface area contributed by atoms with Gasteiger partial charge in [-0.2, -0.15) is 0 Å². The van der Waals surface area contributed by atoms with Crippen molar-refractivity contribution >= 4 is 0 Å².